The number of aliphatic hydroxyl groups is 1. The Morgan fingerprint density at radius 3 is 1.92 bits per heavy atom. The number of allylic oxidation sites excluding steroid dienone is 9. The summed E-state index contributed by atoms with van der Waals surface area (Å²) in [6, 6.07) is 4.12. The van der Waals surface area contributed by atoms with Crippen molar-refractivity contribution in [2.45, 2.75) is 92.9 Å². The van der Waals surface area contributed by atoms with Crippen LogP contribution in [0.1, 0.15) is 103 Å². The number of Topliss-reactive ketones (excluding diaryl/α,β-unsaturated/α-hetero) is 1. The van der Waals surface area contributed by atoms with E-state index in [0.29, 0.717) is 12.8 Å². The van der Waals surface area contributed by atoms with Gasteiger partial charge in [0.1, 0.15) is 11.5 Å². The van der Waals surface area contributed by atoms with Gasteiger partial charge < -0.3 is 15.3 Å². The maximum absolute atomic E-state index is 13.5. The van der Waals surface area contributed by atoms with Crippen molar-refractivity contribution in [2.75, 3.05) is 6.61 Å². The molecule has 4 nitrogen and oxygen atoms in total. The van der Waals surface area contributed by atoms with Gasteiger partial charge in [0.05, 0.1) is 12.2 Å². The molecule has 0 spiro atoms. The molecule has 0 aliphatic heterocycles. The summed E-state index contributed by atoms with van der Waals surface area (Å²) in [4.78, 5) is 13.5. The van der Waals surface area contributed by atoms with Crippen LogP contribution in [0.25, 0.3) is 0 Å². The smallest absolute Gasteiger partial charge is 0.170 e. The Kier molecular flexibility index (Phi) is 15.3. The maximum Gasteiger partial charge on any atom is 0.170 e. The zero-order valence-electron chi connectivity index (χ0n) is 23.8. The van der Waals surface area contributed by atoms with Crippen LogP contribution in [-0.2, 0) is 0 Å². The topological polar surface area (TPSA) is 77.8 Å². The van der Waals surface area contributed by atoms with Gasteiger partial charge in [0.15, 0.2) is 5.78 Å². The van der Waals surface area contributed by atoms with Crippen LogP contribution >= 0.6 is 0 Å². The van der Waals surface area contributed by atoms with E-state index >= 15 is 0 Å². The van der Waals surface area contributed by atoms with Gasteiger partial charge in [-0.25, -0.2) is 0 Å². The summed E-state index contributed by atoms with van der Waals surface area (Å²) < 4.78 is 0. The van der Waals surface area contributed by atoms with E-state index in [9.17, 15) is 20.1 Å². The van der Waals surface area contributed by atoms with Gasteiger partial charge in [0, 0.05) is 12.0 Å². The van der Waals surface area contributed by atoms with Crippen LogP contribution in [0, 0.1) is 5.92 Å². The van der Waals surface area contributed by atoms with E-state index in [-0.39, 0.29) is 35.4 Å². The number of benzene rings is 1. The minimum atomic E-state index is -0.365. The molecule has 0 saturated heterocycles. The molecule has 1 aromatic rings. The van der Waals surface area contributed by atoms with Crippen LogP contribution in [0.4, 0.5) is 0 Å². The minimum Gasteiger partial charge on any atom is -0.508 e. The fourth-order valence-corrected chi connectivity index (χ4v) is 4.19. The number of aliphatic hydroxyl groups excluding tert-OH is 1. The number of phenolic OH excluding ortho intramolecular Hbond substituents is 2. The van der Waals surface area contributed by atoms with Crippen molar-refractivity contribution in [1.29, 1.82) is 0 Å². The van der Waals surface area contributed by atoms with Crippen LogP contribution in [-0.4, -0.2) is 27.7 Å². The number of rotatable bonds is 16. The minimum absolute atomic E-state index is 0.0658. The Morgan fingerprint density at radius 2 is 1.35 bits per heavy atom. The first kappa shape index (κ1) is 32.2. The monoisotopic (exact) mass is 508 g/mol. The molecule has 0 aliphatic carbocycles. The van der Waals surface area contributed by atoms with Crippen molar-refractivity contribution < 1.29 is 20.1 Å². The zero-order valence-corrected chi connectivity index (χ0v) is 23.8. The Hall–Kier alpha value is -2.85. The molecule has 0 aromatic heterocycles. The van der Waals surface area contributed by atoms with Gasteiger partial charge in [0.25, 0.3) is 0 Å². The first-order chi connectivity index (χ1) is 17.5. The lowest BCUT2D eigenvalue weighted by Gasteiger charge is -2.18. The van der Waals surface area contributed by atoms with Crippen LogP contribution in [0.2, 0.25) is 0 Å². The summed E-state index contributed by atoms with van der Waals surface area (Å²) in [5, 5.41) is 29.5. The Balaban J connectivity index is 2.99. The van der Waals surface area contributed by atoms with Crippen LogP contribution in [0.3, 0.4) is 0 Å². The number of phenols is 2. The molecule has 0 amide bonds. The molecule has 0 saturated carbocycles. The Labute approximate surface area is 224 Å². The van der Waals surface area contributed by atoms with E-state index in [2.05, 4.69) is 65.8 Å². The molecule has 1 unspecified atom stereocenters. The van der Waals surface area contributed by atoms with E-state index in [0.717, 1.165) is 44.1 Å². The summed E-state index contributed by atoms with van der Waals surface area (Å²) >= 11 is 0. The number of carbonyl (C=O) groups excluding carboxylic acids is 1. The molecular weight excluding hydrogens is 460 g/mol. The summed E-state index contributed by atoms with van der Waals surface area (Å²) in [6.45, 7) is 12.6. The second kappa shape index (κ2) is 17.6. The molecular formula is C33H48O4. The van der Waals surface area contributed by atoms with E-state index in [4.69, 9.17) is 0 Å². The van der Waals surface area contributed by atoms with Gasteiger partial charge in [-0.05, 0) is 105 Å². The number of ketones is 1. The van der Waals surface area contributed by atoms with E-state index in [1.54, 1.807) is 6.08 Å². The summed E-state index contributed by atoms with van der Waals surface area (Å²) in [5.74, 6) is -0.798. The molecule has 4 heteroatoms. The quantitative estimate of drug-likeness (QED) is 0.154. The van der Waals surface area contributed by atoms with E-state index < -0.39 is 0 Å². The molecule has 1 aromatic carbocycles. The second-order valence-corrected chi connectivity index (χ2v) is 10.5. The van der Waals surface area contributed by atoms with Gasteiger partial charge in [-0.2, -0.15) is 0 Å². The summed E-state index contributed by atoms with van der Waals surface area (Å²) in [6.07, 6.45) is 17.4. The predicted molar refractivity (Wildman–Crippen MR) is 156 cm³/mol. The number of aromatic hydroxyl groups is 2. The highest BCUT2D eigenvalue weighted by molar-refractivity contribution is 6.00. The van der Waals surface area contributed by atoms with Gasteiger partial charge in [-0.15, -0.1) is 0 Å². The number of hydrogen-bond donors (Lipinski definition) is 3. The SMILES string of the molecule is CC(C)=CCC/C(C)=C/CC/C(C)=C/CC(C/C(=C/CO)CCC=C(C)C)C(=O)c1ccc(O)cc1O. The predicted octanol–water partition coefficient (Wildman–Crippen LogP) is 8.76. The number of carbonyl (C=O) groups is 1. The first-order valence-electron chi connectivity index (χ1n) is 13.5. The molecule has 1 atom stereocenters. The van der Waals surface area contributed by atoms with Gasteiger partial charge in [-0.1, -0.05) is 58.2 Å². The highest BCUT2D eigenvalue weighted by atomic mass is 16.3. The van der Waals surface area contributed by atoms with Crippen molar-refractivity contribution in [3.63, 3.8) is 0 Å². The lowest BCUT2D eigenvalue weighted by atomic mass is 9.86. The summed E-state index contributed by atoms with van der Waals surface area (Å²) in [7, 11) is 0. The van der Waals surface area contributed by atoms with Crippen molar-refractivity contribution in [3.8, 4) is 11.5 Å². The average molecular weight is 509 g/mol. The molecule has 0 aliphatic rings. The van der Waals surface area contributed by atoms with Crippen LogP contribution in [0.15, 0.2) is 76.4 Å². The fraction of sp³-hybridized carbons (Fsp3) is 0.485. The van der Waals surface area contributed by atoms with Crippen molar-refractivity contribution in [2.24, 2.45) is 5.92 Å². The standard InChI is InChI=1S/C33H48O4/c1-24(2)10-7-12-26(5)13-9-14-27(6)16-17-29(22-28(20-21-34)15-8-11-25(3)4)33(37)31-19-18-30(35)23-32(31)36/h10-11,13,16,18-20,23,29,34-36H,7-9,12,14-15,17,21-22H2,1-6H3/b26-13+,27-16+,28-20+. The highest BCUT2D eigenvalue weighted by Gasteiger charge is 2.23. The summed E-state index contributed by atoms with van der Waals surface area (Å²) in [5.41, 5.74) is 6.48. The van der Waals surface area contributed by atoms with E-state index in [1.807, 2.05) is 0 Å². The van der Waals surface area contributed by atoms with Crippen LogP contribution < -0.4 is 0 Å². The lowest BCUT2D eigenvalue weighted by molar-refractivity contribution is 0.0916. The molecule has 1 rings (SSSR count). The largest absolute Gasteiger partial charge is 0.508 e. The normalized spacial score (nSPS) is 13.3. The number of hydrogen-bond acceptors (Lipinski definition) is 4. The van der Waals surface area contributed by atoms with Crippen molar-refractivity contribution in [1.82, 2.24) is 0 Å². The average Bonchev–Trinajstić information content (AvgIpc) is 2.80. The van der Waals surface area contributed by atoms with Crippen molar-refractivity contribution >= 4 is 5.78 Å². The van der Waals surface area contributed by atoms with Gasteiger partial charge in [0.2, 0.25) is 0 Å². The highest BCUT2D eigenvalue weighted by Crippen LogP contribution is 2.30. The third-order valence-electron chi connectivity index (χ3n) is 6.40. The second-order valence-electron chi connectivity index (χ2n) is 10.5. The lowest BCUT2D eigenvalue weighted by Crippen LogP contribution is -2.16. The molecule has 0 heterocycles. The zero-order chi connectivity index (χ0) is 27.8. The third-order valence-corrected chi connectivity index (χ3v) is 6.40. The van der Waals surface area contributed by atoms with Gasteiger partial charge >= 0.3 is 0 Å². The Bertz CT molecular complexity index is 1010. The molecule has 0 bridgehead atoms. The first-order valence-corrected chi connectivity index (χ1v) is 13.5. The van der Waals surface area contributed by atoms with Crippen molar-refractivity contribution in [3.05, 3.63) is 82.0 Å². The maximum atomic E-state index is 13.5. The van der Waals surface area contributed by atoms with E-state index in [1.165, 1.54) is 40.5 Å². The molecule has 0 radical (unpaired) electrons. The van der Waals surface area contributed by atoms with Gasteiger partial charge in [-0.3, -0.25) is 4.79 Å². The fourth-order valence-electron chi connectivity index (χ4n) is 4.19. The molecule has 3 N–H and O–H groups in total. The Morgan fingerprint density at radius 1 is 0.784 bits per heavy atom. The molecule has 37 heavy (non-hydrogen) atoms. The third kappa shape index (κ3) is 13.9. The molecule has 0 fully saturated rings. The van der Waals surface area contributed by atoms with Crippen LogP contribution in [0.5, 0.6) is 11.5 Å². The molecule has 204 valence electrons.